The van der Waals surface area contributed by atoms with E-state index in [-0.39, 0.29) is 5.78 Å². The Kier molecular flexibility index (Phi) is 3.49. The Morgan fingerprint density at radius 1 is 1.11 bits per heavy atom. The number of rotatable bonds is 4. The van der Waals surface area contributed by atoms with Gasteiger partial charge < -0.3 is 0 Å². The molecule has 3 heteroatoms. The van der Waals surface area contributed by atoms with Crippen LogP contribution in [0.15, 0.2) is 41.8 Å². The molecule has 0 aliphatic carbocycles. The van der Waals surface area contributed by atoms with Gasteiger partial charge in [-0.15, -0.1) is 22.7 Å². The molecule has 0 amide bonds. The lowest BCUT2D eigenvalue weighted by Gasteiger charge is -2.01. The van der Waals surface area contributed by atoms with Gasteiger partial charge in [0.05, 0.1) is 4.88 Å². The Labute approximate surface area is 120 Å². The van der Waals surface area contributed by atoms with Crippen LogP contribution in [-0.4, -0.2) is 5.78 Å². The summed E-state index contributed by atoms with van der Waals surface area (Å²) in [6.07, 6.45) is 2.21. The van der Waals surface area contributed by atoms with Crippen molar-refractivity contribution in [3.05, 3.63) is 57.8 Å². The van der Waals surface area contributed by atoms with Crippen molar-refractivity contribution in [1.29, 1.82) is 0 Å². The second-order valence-electron chi connectivity index (χ2n) is 4.54. The van der Waals surface area contributed by atoms with Gasteiger partial charge in [-0.05, 0) is 29.5 Å². The molecule has 0 aliphatic heterocycles. The molecule has 0 saturated carbocycles. The summed E-state index contributed by atoms with van der Waals surface area (Å²) in [5.41, 5.74) is 2.08. The molecule has 0 fully saturated rings. The monoisotopic (exact) mass is 286 g/mol. The third-order valence-electron chi connectivity index (χ3n) is 3.12. The molecule has 3 rings (SSSR count). The fourth-order valence-corrected chi connectivity index (χ4v) is 4.20. The van der Waals surface area contributed by atoms with E-state index in [4.69, 9.17) is 0 Å². The number of carbonyl (C=O) groups excluding carboxylic acids is 1. The quantitative estimate of drug-likeness (QED) is 0.606. The van der Waals surface area contributed by atoms with Crippen molar-refractivity contribution in [2.45, 2.75) is 19.8 Å². The van der Waals surface area contributed by atoms with Gasteiger partial charge >= 0.3 is 0 Å². The normalized spacial score (nSPS) is 11.0. The molecule has 19 heavy (non-hydrogen) atoms. The standard InChI is InChI=1S/C16H14OS2/c1-2-3-11-4-6-12(7-5-11)16(17)15-10-14-13(19-15)8-9-18-14/h4-10H,2-3H2,1H3. The first kappa shape index (κ1) is 12.6. The van der Waals surface area contributed by atoms with E-state index in [9.17, 15) is 4.79 Å². The van der Waals surface area contributed by atoms with Crippen LogP contribution in [0.5, 0.6) is 0 Å². The minimum atomic E-state index is 0.136. The van der Waals surface area contributed by atoms with E-state index >= 15 is 0 Å². The van der Waals surface area contributed by atoms with Crippen molar-refractivity contribution in [1.82, 2.24) is 0 Å². The van der Waals surface area contributed by atoms with Gasteiger partial charge in [-0.25, -0.2) is 0 Å². The first-order valence-corrected chi connectivity index (χ1v) is 8.08. The van der Waals surface area contributed by atoms with Crippen molar-refractivity contribution < 1.29 is 4.79 Å². The summed E-state index contributed by atoms with van der Waals surface area (Å²) in [6, 6.07) is 12.1. The molecule has 0 unspecified atom stereocenters. The highest BCUT2D eigenvalue weighted by Gasteiger charge is 2.13. The molecule has 1 nitrogen and oxygen atoms in total. The predicted octanol–water partition coefficient (Wildman–Crippen LogP) is 5.15. The van der Waals surface area contributed by atoms with E-state index in [1.54, 1.807) is 22.7 Å². The zero-order valence-corrected chi connectivity index (χ0v) is 12.3. The van der Waals surface area contributed by atoms with Crippen LogP contribution in [0.4, 0.5) is 0 Å². The minimum absolute atomic E-state index is 0.136. The molecular weight excluding hydrogens is 272 g/mol. The highest BCUT2D eigenvalue weighted by Crippen LogP contribution is 2.31. The van der Waals surface area contributed by atoms with Crippen molar-refractivity contribution in [3.8, 4) is 0 Å². The number of fused-ring (bicyclic) bond motifs is 1. The number of thiophene rings is 2. The zero-order chi connectivity index (χ0) is 13.2. The largest absolute Gasteiger partial charge is 0.288 e. The molecule has 1 aromatic carbocycles. The first-order valence-electron chi connectivity index (χ1n) is 6.38. The lowest BCUT2D eigenvalue weighted by molar-refractivity contribution is 0.104. The third kappa shape index (κ3) is 2.48. The van der Waals surface area contributed by atoms with E-state index in [0.717, 1.165) is 23.3 Å². The summed E-state index contributed by atoms with van der Waals surface area (Å²) in [5, 5.41) is 2.06. The summed E-state index contributed by atoms with van der Waals surface area (Å²) in [4.78, 5) is 13.2. The molecular formula is C16H14OS2. The van der Waals surface area contributed by atoms with Crippen molar-refractivity contribution in [2.24, 2.45) is 0 Å². The van der Waals surface area contributed by atoms with Crippen LogP contribution in [0.25, 0.3) is 9.40 Å². The molecule has 3 aromatic rings. The topological polar surface area (TPSA) is 17.1 Å². The smallest absolute Gasteiger partial charge is 0.203 e. The number of carbonyl (C=O) groups is 1. The Hall–Kier alpha value is -1.45. The Morgan fingerprint density at radius 2 is 1.89 bits per heavy atom. The zero-order valence-electron chi connectivity index (χ0n) is 10.7. The van der Waals surface area contributed by atoms with E-state index in [2.05, 4.69) is 30.5 Å². The third-order valence-corrected chi connectivity index (χ3v) is 5.21. The molecule has 0 spiro atoms. The SMILES string of the molecule is CCCc1ccc(C(=O)c2cc3sccc3s2)cc1. The van der Waals surface area contributed by atoms with Crippen LogP contribution >= 0.6 is 22.7 Å². The number of hydrogen-bond donors (Lipinski definition) is 0. The summed E-state index contributed by atoms with van der Waals surface area (Å²) in [6.45, 7) is 2.16. The maximum atomic E-state index is 12.4. The van der Waals surface area contributed by atoms with Gasteiger partial charge in [-0.1, -0.05) is 37.6 Å². The number of hydrogen-bond acceptors (Lipinski definition) is 3. The molecule has 0 saturated heterocycles. The lowest BCUT2D eigenvalue weighted by atomic mass is 10.0. The van der Waals surface area contributed by atoms with E-state index in [1.807, 2.05) is 18.2 Å². The van der Waals surface area contributed by atoms with Crippen LogP contribution in [0.2, 0.25) is 0 Å². The predicted molar refractivity (Wildman–Crippen MR) is 83.6 cm³/mol. The van der Waals surface area contributed by atoms with Gasteiger partial charge in [0.15, 0.2) is 0 Å². The maximum absolute atomic E-state index is 12.4. The number of aryl methyl sites for hydroxylation is 1. The van der Waals surface area contributed by atoms with Crippen LogP contribution in [0.3, 0.4) is 0 Å². The van der Waals surface area contributed by atoms with E-state index < -0.39 is 0 Å². The van der Waals surface area contributed by atoms with Gasteiger partial charge in [-0.2, -0.15) is 0 Å². The molecule has 0 bridgehead atoms. The average Bonchev–Trinajstić information content (AvgIpc) is 3.00. The fraction of sp³-hybridized carbons (Fsp3) is 0.188. The van der Waals surface area contributed by atoms with Crippen molar-refractivity contribution >= 4 is 37.9 Å². The van der Waals surface area contributed by atoms with E-state index in [0.29, 0.717) is 0 Å². The lowest BCUT2D eigenvalue weighted by Crippen LogP contribution is -1.98. The molecule has 0 atom stereocenters. The molecule has 96 valence electrons. The summed E-state index contributed by atoms with van der Waals surface area (Å²) in [5.74, 6) is 0.136. The summed E-state index contributed by atoms with van der Waals surface area (Å²) >= 11 is 3.27. The van der Waals surface area contributed by atoms with Gasteiger partial charge in [0, 0.05) is 15.0 Å². The first-order chi connectivity index (χ1) is 9.28. The van der Waals surface area contributed by atoms with Gasteiger partial charge in [0.25, 0.3) is 0 Å². The Bertz CT molecular complexity index is 675. The molecule has 0 aliphatic rings. The van der Waals surface area contributed by atoms with Gasteiger partial charge in [0.2, 0.25) is 5.78 Å². The second-order valence-corrected chi connectivity index (χ2v) is 6.57. The van der Waals surface area contributed by atoms with Crippen LogP contribution in [0.1, 0.15) is 34.1 Å². The number of ketones is 1. The highest BCUT2D eigenvalue weighted by atomic mass is 32.1. The molecule has 2 heterocycles. The van der Waals surface area contributed by atoms with Crippen LogP contribution in [-0.2, 0) is 6.42 Å². The fourth-order valence-electron chi connectivity index (χ4n) is 2.13. The Balaban J connectivity index is 1.88. The molecule has 2 aromatic heterocycles. The summed E-state index contributed by atoms with van der Waals surface area (Å²) < 4.78 is 2.41. The van der Waals surface area contributed by atoms with Crippen LogP contribution in [0, 0.1) is 0 Å². The number of benzene rings is 1. The molecule has 0 N–H and O–H groups in total. The van der Waals surface area contributed by atoms with E-state index in [1.165, 1.54) is 15.0 Å². The average molecular weight is 286 g/mol. The second kappa shape index (κ2) is 5.27. The maximum Gasteiger partial charge on any atom is 0.203 e. The van der Waals surface area contributed by atoms with Gasteiger partial charge in [-0.3, -0.25) is 4.79 Å². The highest BCUT2D eigenvalue weighted by molar-refractivity contribution is 7.28. The van der Waals surface area contributed by atoms with Crippen molar-refractivity contribution in [2.75, 3.05) is 0 Å². The Morgan fingerprint density at radius 3 is 2.58 bits per heavy atom. The van der Waals surface area contributed by atoms with Gasteiger partial charge in [0.1, 0.15) is 0 Å². The van der Waals surface area contributed by atoms with Crippen LogP contribution < -0.4 is 0 Å². The summed E-state index contributed by atoms with van der Waals surface area (Å²) in [7, 11) is 0. The molecule has 0 radical (unpaired) electrons. The minimum Gasteiger partial charge on any atom is -0.288 e. The van der Waals surface area contributed by atoms with Crippen molar-refractivity contribution in [3.63, 3.8) is 0 Å².